The fraction of sp³-hybridized carbons (Fsp3) is 0.625. The second kappa shape index (κ2) is 6.53. The first-order chi connectivity index (χ1) is 8.54. The standard InChI is InChI=1S/C16H28OSi/c1-5-12-16(13-6-2,15(3,4)17-18)14-10-8-7-9-11-14/h7-11H,5-6,12-13H2,1-4,18H3. The topological polar surface area (TPSA) is 9.23 Å². The van der Waals surface area contributed by atoms with E-state index >= 15 is 0 Å². The molecular weight excluding hydrogens is 236 g/mol. The SMILES string of the molecule is CCCC(CCC)(c1ccccc1)C(C)(C)O[SiH3]. The van der Waals surface area contributed by atoms with Crippen molar-refractivity contribution in [3.8, 4) is 0 Å². The van der Waals surface area contributed by atoms with Gasteiger partial charge in [0.05, 0.1) is 5.60 Å². The first kappa shape index (κ1) is 15.5. The van der Waals surface area contributed by atoms with Crippen LogP contribution in [0, 0.1) is 0 Å². The first-order valence-electron chi connectivity index (χ1n) is 7.14. The van der Waals surface area contributed by atoms with Crippen LogP contribution in [0.5, 0.6) is 0 Å². The highest BCUT2D eigenvalue weighted by Gasteiger charge is 2.44. The molecule has 1 rings (SSSR count). The maximum atomic E-state index is 6.00. The average Bonchev–Trinajstić information content (AvgIpc) is 2.39. The van der Waals surface area contributed by atoms with Crippen molar-refractivity contribution in [1.82, 2.24) is 0 Å². The molecule has 0 radical (unpaired) electrons. The lowest BCUT2D eigenvalue weighted by Crippen LogP contribution is -2.49. The van der Waals surface area contributed by atoms with Crippen LogP contribution in [-0.2, 0) is 9.84 Å². The van der Waals surface area contributed by atoms with Crippen molar-refractivity contribution in [1.29, 1.82) is 0 Å². The molecule has 0 bridgehead atoms. The van der Waals surface area contributed by atoms with Crippen LogP contribution in [0.25, 0.3) is 0 Å². The third-order valence-electron chi connectivity index (χ3n) is 4.34. The lowest BCUT2D eigenvalue weighted by atomic mass is 9.63. The van der Waals surface area contributed by atoms with Crippen molar-refractivity contribution in [2.24, 2.45) is 0 Å². The van der Waals surface area contributed by atoms with Gasteiger partial charge in [0.25, 0.3) is 0 Å². The summed E-state index contributed by atoms with van der Waals surface area (Å²) in [6, 6.07) is 10.9. The van der Waals surface area contributed by atoms with Crippen molar-refractivity contribution in [2.75, 3.05) is 0 Å². The van der Waals surface area contributed by atoms with E-state index in [4.69, 9.17) is 4.43 Å². The second-order valence-corrected chi connectivity index (χ2v) is 6.07. The molecular formula is C16H28OSi. The Morgan fingerprint density at radius 3 is 1.89 bits per heavy atom. The minimum absolute atomic E-state index is 0.0768. The summed E-state index contributed by atoms with van der Waals surface area (Å²) in [5.41, 5.74) is 1.51. The lowest BCUT2D eigenvalue weighted by molar-refractivity contribution is 0.0133. The van der Waals surface area contributed by atoms with Gasteiger partial charge < -0.3 is 4.43 Å². The molecule has 0 aliphatic rings. The van der Waals surface area contributed by atoms with Gasteiger partial charge in [-0.05, 0) is 32.3 Å². The summed E-state index contributed by atoms with van der Waals surface area (Å²) in [4.78, 5) is 0. The van der Waals surface area contributed by atoms with Gasteiger partial charge in [-0.1, -0.05) is 57.0 Å². The van der Waals surface area contributed by atoms with Gasteiger partial charge in [-0.2, -0.15) is 0 Å². The number of hydrogen-bond acceptors (Lipinski definition) is 1. The van der Waals surface area contributed by atoms with Crippen LogP contribution in [-0.4, -0.2) is 16.1 Å². The van der Waals surface area contributed by atoms with Crippen LogP contribution in [0.1, 0.15) is 58.9 Å². The molecule has 18 heavy (non-hydrogen) atoms. The molecule has 0 spiro atoms. The summed E-state index contributed by atoms with van der Waals surface area (Å²) in [7, 11) is 0.794. The number of hydrogen-bond donors (Lipinski definition) is 0. The predicted molar refractivity (Wildman–Crippen MR) is 83.0 cm³/mol. The molecule has 1 aromatic carbocycles. The van der Waals surface area contributed by atoms with Crippen molar-refractivity contribution in [2.45, 2.75) is 64.4 Å². The van der Waals surface area contributed by atoms with Gasteiger partial charge in [-0.15, -0.1) is 0 Å². The fourth-order valence-electron chi connectivity index (χ4n) is 3.17. The normalized spacial score (nSPS) is 12.9. The van der Waals surface area contributed by atoms with E-state index in [9.17, 15) is 0 Å². The maximum Gasteiger partial charge on any atom is 0.146 e. The Kier molecular flexibility index (Phi) is 5.61. The van der Waals surface area contributed by atoms with Gasteiger partial charge in [0.2, 0.25) is 0 Å². The first-order valence-corrected chi connectivity index (χ1v) is 7.96. The van der Waals surface area contributed by atoms with E-state index in [0.29, 0.717) is 0 Å². The summed E-state index contributed by atoms with van der Waals surface area (Å²) < 4.78 is 6.00. The minimum atomic E-state index is -0.0768. The van der Waals surface area contributed by atoms with Crippen LogP contribution in [0.2, 0.25) is 0 Å². The van der Waals surface area contributed by atoms with E-state index in [1.165, 1.54) is 31.2 Å². The van der Waals surface area contributed by atoms with Crippen molar-refractivity contribution in [3.05, 3.63) is 35.9 Å². The van der Waals surface area contributed by atoms with Gasteiger partial charge in [0, 0.05) is 5.41 Å². The number of benzene rings is 1. The monoisotopic (exact) mass is 264 g/mol. The van der Waals surface area contributed by atoms with Gasteiger partial charge in [-0.25, -0.2) is 0 Å². The molecule has 2 heteroatoms. The molecule has 1 aromatic rings. The van der Waals surface area contributed by atoms with Crippen molar-refractivity contribution >= 4 is 10.5 Å². The van der Waals surface area contributed by atoms with E-state index in [2.05, 4.69) is 58.0 Å². The summed E-state index contributed by atoms with van der Waals surface area (Å²) in [6.07, 6.45) is 4.78. The van der Waals surface area contributed by atoms with Gasteiger partial charge in [0.15, 0.2) is 0 Å². The molecule has 102 valence electrons. The highest BCUT2D eigenvalue weighted by molar-refractivity contribution is 5.98. The summed E-state index contributed by atoms with van der Waals surface area (Å²) in [6.45, 7) is 9.07. The van der Waals surface area contributed by atoms with Crippen LogP contribution in [0.15, 0.2) is 30.3 Å². The van der Waals surface area contributed by atoms with Crippen LogP contribution in [0.3, 0.4) is 0 Å². The third-order valence-corrected chi connectivity index (χ3v) is 5.36. The molecule has 0 aromatic heterocycles. The summed E-state index contributed by atoms with van der Waals surface area (Å²) in [5.74, 6) is 0. The van der Waals surface area contributed by atoms with E-state index in [0.717, 1.165) is 10.5 Å². The minimum Gasteiger partial charge on any atom is -0.422 e. The van der Waals surface area contributed by atoms with E-state index < -0.39 is 0 Å². The lowest BCUT2D eigenvalue weighted by Gasteiger charge is -2.47. The molecule has 0 heterocycles. The second-order valence-electron chi connectivity index (χ2n) is 5.66. The van der Waals surface area contributed by atoms with Crippen molar-refractivity contribution in [3.63, 3.8) is 0 Å². The fourth-order valence-corrected chi connectivity index (χ4v) is 3.56. The zero-order chi connectivity index (χ0) is 13.6. The molecule has 0 saturated carbocycles. The van der Waals surface area contributed by atoms with E-state index in [-0.39, 0.29) is 11.0 Å². The summed E-state index contributed by atoms with van der Waals surface area (Å²) in [5, 5.41) is 0. The maximum absolute atomic E-state index is 6.00. The Balaban J connectivity index is 3.30. The number of rotatable bonds is 7. The Morgan fingerprint density at radius 2 is 1.50 bits per heavy atom. The Labute approximate surface area is 115 Å². The van der Waals surface area contributed by atoms with E-state index in [1.54, 1.807) is 0 Å². The highest BCUT2D eigenvalue weighted by Crippen LogP contribution is 2.45. The molecule has 0 aliphatic carbocycles. The van der Waals surface area contributed by atoms with Gasteiger partial charge >= 0.3 is 0 Å². The average molecular weight is 264 g/mol. The molecule has 0 saturated heterocycles. The molecule has 0 aliphatic heterocycles. The van der Waals surface area contributed by atoms with Gasteiger partial charge in [-0.3, -0.25) is 0 Å². The highest BCUT2D eigenvalue weighted by atomic mass is 28.2. The summed E-state index contributed by atoms with van der Waals surface area (Å²) >= 11 is 0. The Hall–Kier alpha value is -0.603. The van der Waals surface area contributed by atoms with Crippen LogP contribution < -0.4 is 0 Å². The zero-order valence-electron chi connectivity index (χ0n) is 12.6. The Bertz CT molecular complexity index is 339. The Morgan fingerprint density at radius 1 is 1.00 bits per heavy atom. The molecule has 0 atom stereocenters. The zero-order valence-corrected chi connectivity index (χ0v) is 14.6. The van der Waals surface area contributed by atoms with Crippen LogP contribution >= 0.6 is 0 Å². The molecule has 0 N–H and O–H groups in total. The van der Waals surface area contributed by atoms with Crippen LogP contribution in [0.4, 0.5) is 0 Å². The quantitative estimate of drug-likeness (QED) is 0.684. The van der Waals surface area contributed by atoms with Crippen molar-refractivity contribution < 1.29 is 4.43 Å². The molecule has 0 unspecified atom stereocenters. The van der Waals surface area contributed by atoms with Gasteiger partial charge in [0.1, 0.15) is 10.5 Å². The van der Waals surface area contributed by atoms with E-state index in [1.807, 2.05) is 0 Å². The molecule has 0 amide bonds. The molecule has 1 nitrogen and oxygen atoms in total. The molecule has 0 fully saturated rings. The largest absolute Gasteiger partial charge is 0.422 e. The predicted octanol–water partition coefficient (Wildman–Crippen LogP) is 3.60. The smallest absolute Gasteiger partial charge is 0.146 e. The third kappa shape index (κ3) is 2.86.